The van der Waals surface area contributed by atoms with E-state index in [4.69, 9.17) is 15.3 Å². The fourth-order valence-electron chi connectivity index (χ4n) is 1.79. The molecule has 0 spiro atoms. The maximum absolute atomic E-state index is 12.8. The van der Waals surface area contributed by atoms with E-state index in [1.54, 1.807) is 12.1 Å². The summed E-state index contributed by atoms with van der Waals surface area (Å²) in [4.78, 5) is 5.22. The molecular weight excluding hydrogens is 283 g/mol. The molecule has 22 heavy (non-hydrogen) atoms. The number of rotatable bonds is 6. The standard InChI is InChI=1S/C17H19FN2O2/c1-12(2)22-16-9-3-13(4-10-16)11-21-20-17(19)14-5-7-15(18)8-6-14/h3-10,12H,11H2,1-2H3,(H2,19,20). The topological polar surface area (TPSA) is 56.8 Å². The van der Waals surface area contributed by atoms with Crippen molar-refractivity contribution < 1.29 is 14.0 Å². The minimum atomic E-state index is -0.318. The predicted octanol–water partition coefficient (Wildman–Crippen LogP) is 3.45. The van der Waals surface area contributed by atoms with E-state index in [1.165, 1.54) is 12.1 Å². The summed E-state index contributed by atoms with van der Waals surface area (Å²) in [6, 6.07) is 13.3. The summed E-state index contributed by atoms with van der Waals surface area (Å²) >= 11 is 0. The second kappa shape index (κ2) is 7.45. The van der Waals surface area contributed by atoms with E-state index in [0.717, 1.165) is 11.3 Å². The van der Waals surface area contributed by atoms with Crippen molar-refractivity contribution in [3.63, 3.8) is 0 Å². The third-order valence-corrected chi connectivity index (χ3v) is 2.83. The van der Waals surface area contributed by atoms with Gasteiger partial charge in [-0.2, -0.15) is 0 Å². The number of benzene rings is 2. The normalized spacial score (nSPS) is 11.5. The molecule has 0 aliphatic carbocycles. The molecule has 2 aromatic rings. The molecule has 2 N–H and O–H groups in total. The van der Waals surface area contributed by atoms with Crippen LogP contribution < -0.4 is 10.5 Å². The molecule has 0 aliphatic heterocycles. The third kappa shape index (κ3) is 4.77. The van der Waals surface area contributed by atoms with Crippen molar-refractivity contribution in [2.24, 2.45) is 10.9 Å². The van der Waals surface area contributed by atoms with Crippen LogP contribution >= 0.6 is 0 Å². The highest BCUT2D eigenvalue weighted by Gasteiger charge is 2.01. The lowest BCUT2D eigenvalue weighted by atomic mass is 10.2. The van der Waals surface area contributed by atoms with E-state index in [0.29, 0.717) is 12.2 Å². The zero-order chi connectivity index (χ0) is 15.9. The minimum Gasteiger partial charge on any atom is -0.491 e. The number of hydrogen-bond acceptors (Lipinski definition) is 3. The van der Waals surface area contributed by atoms with Gasteiger partial charge in [-0.05, 0) is 55.8 Å². The van der Waals surface area contributed by atoms with E-state index >= 15 is 0 Å². The summed E-state index contributed by atoms with van der Waals surface area (Å²) in [7, 11) is 0. The summed E-state index contributed by atoms with van der Waals surface area (Å²) in [6.07, 6.45) is 0.141. The highest BCUT2D eigenvalue weighted by molar-refractivity contribution is 5.96. The van der Waals surface area contributed by atoms with Crippen LogP contribution in [0.5, 0.6) is 5.75 Å². The van der Waals surface area contributed by atoms with Gasteiger partial charge in [0.05, 0.1) is 6.10 Å². The molecule has 0 radical (unpaired) electrons. The zero-order valence-corrected chi connectivity index (χ0v) is 12.6. The van der Waals surface area contributed by atoms with E-state index in [1.807, 2.05) is 38.1 Å². The summed E-state index contributed by atoms with van der Waals surface area (Å²) in [6.45, 7) is 4.25. The average Bonchev–Trinajstić information content (AvgIpc) is 2.49. The van der Waals surface area contributed by atoms with Crippen molar-refractivity contribution in [1.82, 2.24) is 0 Å². The van der Waals surface area contributed by atoms with Gasteiger partial charge in [0, 0.05) is 5.56 Å². The molecule has 4 nitrogen and oxygen atoms in total. The molecule has 0 saturated heterocycles. The van der Waals surface area contributed by atoms with Crippen molar-refractivity contribution in [3.8, 4) is 5.75 Å². The summed E-state index contributed by atoms with van der Waals surface area (Å²) in [5, 5.41) is 3.83. The van der Waals surface area contributed by atoms with Crippen LogP contribution in [0.15, 0.2) is 53.7 Å². The fourth-order valence-corrected chi connectivity index (χ4v) is 1.79. The lowest BCUT2D eigenvalue weighted by Gasteiger charge is -2.09. The van der Waals surface area contributed by atoms with Gasteiger partial charge in [-0.25, -0.2) is 4.39 Å². The quantitative estimate of drug-likeness (QED) is 0.505. The Kier molecular flexibility index (Phi) is 5.36. The molecule has 0 aliphatic rings. The van der Waals surface area contributed by atoms with E-state index in [9.17, 15) is 4.39 Å². The van der Waals surface area contributed by atoms with Crippen LogP contribution in [0.3, 0.4) is 0 Å². The Bertz CT molecular complexity index is 622. The molecule has 5 heteroatoms. The van der Waals surface area contributed by atoms with Gasteiger partial charge >= 0.3 is 0 Å². The van der Waals surface area contributed by atoms with Crippen molar-refractivity contribution in [3.05, 3.63) is 65.5 Å². The summed E-state index contributed by atoms with van der Waals surface area (Å²) in [5.74, 6) is 0.703. The Labute approximate surface area is 129 Å². The van der Waals surface area contributed by atoms with Crippen molar-refractivity contribution >= 4 is 5.84 Å². The monoisotopic (exact) mass is 302 g/mol. The zero-order valence-electron chi connectivity index (χ0n) is 12.6. The van der Waals surface area contributed by atoms with Gasteiger partial charge < -0.3 is 15.3 Å². The van der Waals surface area contributed by atoms with Crippen molar-refractivity contribution in [1.29, 1.82) is 0 Å². The maximum atomic E-state index is 12.8. The lowest BCUT2D eigenvalue weighted by Crippen LogP contribution is -2.13. The molecule has 0 unspecified atom stereocenters. The molecule has 2 aromatic carbocycles. The number of ether oxygens (including phenoxy) is 1. The SMILES string of the molecule is CC(C)Oc1ccc(CO/N=C(/N)c2ccc(F)cc2)cc1. The number of hydrogen-bond donors (Lipinski definition) is 1. The van der Waals surface area contributed by atoms with Crippen molar-refractivity contribution in [2.45, 2.75) is 26.6 Å². The minimum absolute atomic E-state index is 0.141. The molecule has 0 heterocycles. The molecule has 2 rings (SSSR count). The fraction of sp³-hybridized carbons (Fsp3) is 0.235. The van der Waals surface area contributed by atoms with Gasteiger partial charge in [0.1, 0.15) is 18.2 Å². The van der Waals surface area contributed by atoms with Gasteiger partial charge in [0.2, 0.25) is 0 Å². The van der Waals surface area contributed by atoms with Crippen LogP contribution in [0.1, 0.15) is 25.0 Å². The highest BCUT2D eigenvalue weighted by Crippen LogP contribution is 2.14. The molecule has 0 amide bonds. The summed E-state index contributed by atoms with van der Waals surface area (Å²) < 4.78 is 18.4. The first-order chi connectivity index (χ1) is 10.5. The third-order valence-electron chi connectivity index (χ3n) is 2.83. The van der Waals surface area contributed by atoms with Crippen LogP contribution in [0.4, 0.5) is 4.39 Å². The predicted molar refractivity (Wildman–Crippen MR) is 84.1 cm³/mol. The second-order valence-electron chi connectivity index (χ2n) is 5.07. The van der Waals surface area contributed by atoms with Crippen LogP contribution in [0.2, 0.25) is 0 Å². The van der Waals surface area contributed by atoms with Gasteiger partial charge in [-0.1, -0.05) is 17.3 Å². The average molecular weight is 302 g/mol. The molecule has 0 fully saturated rings. The van der Waals surface area contributed by atoms with E-state index < -0.39 is 0 Å². The van der Waals surface area contributed by atoms with Gasteiger partial charge in [-0.3, -0.25) is 0 Å². The van der Waals surface area contributed by atoms with Gasteiger partial charge in [0.25, 0.3) is 0 Å². The van der Waals surface area contributed by atoms with Crippen LogP contribution in [-0.2, 0) is 11.4 Å². The molecule has 0 atom stereocenters. The van der Waals surface area contributed by atoms with Gasteiger partial charge in [0.15, 0.2) is 5.84 Å². The number of nitrogens with two attached hydrogens (primary N) is 1. The Morgan fingerprint density at radius 2 is 1.73 bits per heavy atom. The molecule has 116 valence electrons. The molecule has 0 bridgehead atoms. The number of nitrogens with zero attached hydrogens (tertiary/aromatic N) is 1. The largest absolute Gasteiger partial charge is 0.491 e. The second-order valence-corrected chi connectivity index (χ2v) is 5.07. The number of halogens is 1. The molecular formula is C17H19FN2O2. The molecule has 0 saturated carbocycles. The first-order valence-electron chi connectivity index (χ1n) is 7.01. The maximum Gasteiger partial charge on any atom is 0.170 e. The summed E-state index contributed by atoms with van der Waals surface area (Å²) in [5.41, 5.74) is 7.33. The Balaban J connectivity index is 1.89. The van der Waals surface area contributed by atoms with Crippen LogP contribution in [0.25, 0.3) is 0 Å². The van der Waals surface area contributed by atoms with Gasteiger partial charge in [-0.15, -0.1) is 0 Å². The van der Waals surface area contributed by atoms with Crippen LogP contribution in [0, 0.1) is 5.82 Å². The van der Waals surface area contributed by atoms with Crippen molar-refractivity contribution in [2.75, 3.05) is 0 Å². The number of amidine groups is 1. The van der Waals surface area contributed by atoms with E-state index in [-0.39, 0.29) is 17.8 Å². The highest BCUT2D eigenvalue weighted by atomic mass is 19.1. The first-order valence-corrected chi connectivity index (χ1v) is 7.01. The Morgan fingerprint density at radius 3 is 2.32 bits per heavy atom. The molecule has 0 aromatic heterocycles. The van der Waals surface area contributed by atoms with E-state index in [2.05, 4.69) is 5.16 Å². The number of oxime groups is 1. The Hall–Kier alpha value is -2.56. The smallest absolute Gasteiger partial charge is 0.170 e. The first kappa shape index (κ1) is 15.8. The van der Waals surface area contributed by atoms with Crippen LogP contribution in [-0.4, -0.2) is 11.9 Å². The lowest BCUT2D eigenvalue weighted by molar-refractivity contribution is 0.130. The Morgan fingerprint density at radius 1 is 1.09 bits per heavy atom.